The maximum absolute atomic E-state index is 11.7. The van der Waals surface area contributed by atoms with Gasteiger partial charge in [-0.3, -0.25) is 4.79 Å². The van der Waals surface area contributed by atoms with E-state index in [0.29, 0.717) is 30.8 Å². The molecule has 100 valence electrons. The molecule has 1 amide bonds. The van der Waals surface area contributed by atoms with Gasteiger partial charge >= 0.3 is 0 Å². The summed E-state index contributed by atoms with van der Waals surface area (Å²) in [5.41, 5.74) is 6.88. The molecule has 1 aromatic rings. The van der Waals surface area contributed by atoms with E-state index < -0.39 is 0 Å². The Kier molecular flexibility index (Phi) is 5.45. The number of carbonyl (C=O) groups is 1. The molecule has 1 rings (SSSR count). The summed E-state index contributed by atoms with van der Waals surface area (Å²) in [5, 5.41) is 2.81. The van der Waals surface area contributed by atoms with Crippen LogP contribution in [0.2, 0.25) is 0 Å². The van der Waals surface area contributed by atoms with Crippen molar-refractivity contribution in [2.45, 2.75) is 19.8 Å². The molecule has 0 saturated heterocycles. The smallest absolute Gasteiger partial charge is 0.224 e. The van der Waals surface area contributed by atoms with Crippen molar-refractivity contribution in [2.24, 2.45) is 5.73 Å². The molecule has 5 heteroatoms. The fraction of sp³-hybridized carbons (Fsp3) is 0.462. The van der Waals surface area contributed by atoms with Gasteiger partial charge < -0.3 is 20.5 Å². The summed E-state index contributed by atoms with van der Waals surface area (Å²) in [4.78, 5) is 11.7. The van der Waals surface area contributed by atoms with E-state index in [2.05, 4.69) is 5.32 Å². The predicted molar refractivity (Wildman–Crippen MR) is 71.2 cm³/mol. The number of benzene rings is 1. The van der Waals surface area contributed by atoms with Crippen molar-refractivity contribution in [1.29, 1.82) is 0 Å². The molecule has 0 aliphatic heterocycles. The van der Waals surface area contributed by atoms with Crippen LogP contribution in [0.3, 0.4) is 0 Å². The quantitative estimate of drug-likeness (QED) is 0.808. The second kappa shape index (κ2) is 6.86. The minimum Gasteiger partial charge on any atom is -0.496 e. The number of amides is 1. The van der Waals surface area contributed by atoms with E-state index in [0.717, 1.165) is 11.3 Å². The molecule has 0 heterocycles. The van der Waals surface area contributed by atoms with Crippen LogP contribution in [0.4, 0.5) is 5.69 Å². The number of nitrogens with one attached hydrogen (secondary N) is 1. The lowest BCUT2D eigenvalue weighted by atomic mass is 10.1. The van der Waals surface area contributed by atoms with Gasteiger partial charge in [-0.2, -0.15) is 0 Å². The second-order valence-electron chi connectivity index (χ2n) is 3.91. The van der Waals surface area contributed by atoms with Crippen molar-refractivity contribution in [1.82, 2.24) is 0 Å². The summed E-state index contributed by atoms with van der Waals surface area (Å²) in [6.45, 7) is 2.39. The maximum atomic E-state index is 11.7. The first-order valence-electron chi connectivity index (χ1n) is 5.85. The lowest BCUT2D eigenvalue weighted by molar-refractivity contribution is -0.116. The minimum atomic E-state index is -0.0664. The molecule has 0 saturated carbocycles. The largest absolute Gasteiger partial charge is 0.496 e. The summed E-state index contributed by atoms with van der Waals surface area (Å²) < 4.78 is 10.5. The molecule has 0 atom stereocenters. The van der Waals surface area contributed by atoms with Crippen LogP contribution in [-0.2, 0) is 4.79 Å². The fourth-order valence-corrected chi connectivity index (χ4v) is 1.73. The molecule has 0 aliphatic rings. The van der Waals surface area contributed by atoms with Gasteiger partial charge in [0.2, 0.25) is 5.91 Å². The highest BCUT2D eigenvalue weighted by Crippen LogP contribution is 2.34. The normalized spacial score (nSPS) is 10.0. The monoisotopic (exact) mass is 252 g/mol. The minimum absolute atomic E-state index is 0.0664. The van der Waals surface area contributed by atoms with Crippen molar-refractivity contribution in [3.8, 4) is 11.5 Å². The van der Waals surface area contributed by atoms with Crippen molar-refractivity contribution in [3.63, 3.8) is 0 Å². The van der Waals surface area contributed by atoms with Crippen molar-refractivity contribution >= 4 is 11.6 Å². The van der Waals surface area contributed by atoms with E-state index in [1.807, 2.05) is 6.92 Å². The molecule has 18 heavy (non-hydrogen) atoms. The first kappa shape index (κ1) is 14.3. The molecule has 0 aromatic heterocycles. The number of anilines is 1. The van der Waals surface area contributed by atoms with Gasteiger partial charge in [0.25, 0.3) is 0 Å². The first-order valence-corrected chi connectivity index (χ1v) is 5.85. The molecule has 0 spiro atoms. The molecule has 0 radical (unpaired) electrons. The van der Waals surface area contributed by atoms with Crippen LogP contribution in [-0.4, -0.2) is 26.7 Å². The third kappa shape index (κ3) is 3.37. The SMILES string of the molecule is COc1ccc(NC(=O)CCCN)c(OC)c1C. The zero-order chi connectivity index (χ0) is 13.5. The van der Waals surface area contributed by atoms with Crippen molar-refractivity contribution < 1.29 is 14.3 Å². The topological polar surface area (TPSA) is 73.6 Å². The average molecular weight is 252 g/mol. The van der Waals surface area contributed by atoms with Crippen LogP contribution in [0.15, 0.2) is 12.1 Å². The predicted octanol–water partition coefficient (Wildman–Crippen LogP) is 1.69. The molecule has 0 fully saturated rings. The third-order valence-electron chi connectivity index (χ3n) is 2.66. The molecule has 0 unspecified atom stereocenters. The third-order valence-corrected chi connectivity index (χ3v) is 2.66. The van der Waals surface area contributed by atoms with Gasteiger partial charge in [-0.25, -0.2) is 0 Å². The van der Waals surface area contributed by atoms with Gasteiger partial charge in [0, 0.05) is 12.0 Å². The zero-order valence-electron chi connectivity index (χ0n) is 11.1. The van der Waals surface area contributed by atoms with Gasteiger partial charge in [-0.05, 0) is 32.0 Å². The lowest BCUT2D eigenvalue weighted by Gasteiger charge is -2.15. The van der Waals surface area contributed by atoms with E-state index in [4.69, 9.17) is 15.2 Å². The van der Waals surface area contributed by atoms with Crippen LogP contribution < -0.4 is 20.5 Å². The van der Waals surface area contributed by atoms with E-state index in [9.17, 15) is 4.79 Å². The van der Waals surface area contributed by atoms with Crippen molar-refractivity contribution in [3.05, 3.63) is 17.7 Å². The van der Waals surface area contributed by atoms with E-state index in [-0.39, 0.29) is 5.91 Å². The lowest BCUT2D eigenvalue weighted by Crippen LogP contribution is -2.14. The van der Waals surface area contributed by atoms with Gasteiger partial charge in [0.1, 0.15) is 11.5 Å². The number of nitrogens with two attached hydrogens (primary N) is 1. The number of rotatable bonds is 6. The standard InChI is InChI=1S/C13H20N2O3/c1-9-11(17-2)7-6-10(13(9)18-3)15-12(16)5-4-8-14/h6-7H,4-5,8,14H2,1-3H3,(H,15,16). The average Bonchev–Trinajstić information content (AvgIpc) is 2.37. The first-order chi connectivity index (χ1) is 8.63. The van der Waals surface area contributed by atoms with Gasteiger partial charge in [0.15, 0.2) is 0 Å². The van der Waals surface area contributed by atoms with E-state index in [1.54, 1.807) is 26.4 Å². The number of hydrogen-bond donors (Lipinski definition) is 2. The van der Waals surface area contributed by atoms with Crippen molar-refractivity contribution in [2.75, 3.05) is 26.1 Å². The summed E-state index contributed by atoms with van der Waals surface area (Å²) in [5.74, 6) is 1.28. The molecule has 0 aliphatic carbocycles. The van der Waals surface area contributed by atoms with E-state index >= 15 is 0 Å². The van der Waals surface area contributed by atoms with Crippen LogP contribution in [0, 0.1) is 6.92 Å². The Hall–Kier alpha value is -1.75. The molecular formula is C13H20N2O3. The summed E-state index contributed by atoms with van der Waals surface area (Å²) >= 11 is 0. The number of hydrogen-bond acceptors (Lipinski definition) is 4. The Morgan fingerprint density at radius 2 is 2.06 bits per heavy atom. The Balaban J connectivity index is 2.89. The van der Waals surface area contributed by atoms with Crippen LogP contribution >= 0.6 is 0 Å². The number of ether oxygens (including phenoxy) is 2. The second-order valence-corrected chi connectivity index (χ2v) is 3.91. The summed E-state index contributed by atoms with van der Waals surface area (Å²) in [6, 6.07) is 3.57. The van der Waals surface area contributed by atoms with E-state index in [1.165, 1.54) is 0 Å². The number of methoxy groups -OCH3 is 2. The molecule has 1 aromatic carbocycles. The Labute approximate surface area is 107 Å². The van der Waals surface area contributed by atoms with Crippen LogP contribution in [0.5, 0.6) is 11.5 Å². The van der Waals surface area contributed by atoms with Gasteiger partial charge in [0.05, 0.1) is 19.9 Å². The zero-order valence-corrected chi connectivity index (χ0v) is 11.1. The highest BCUT2D eigenvalue weighted by Gasteiger charge is 2.13. The summed E-state index contributed by atoms with van der Waals surface area (Å²) in [7, 11) is 3.17. The molecular weight excluding hydrogens is 232 g/mol. The summed E-state index contributed by atoms with van der Waals surface area (Å²) in [6.07, 6.45) is 1.08. The molecule has 5 nitrogen and oxygen atoms in total. The molecule has 0 bridgehead atoms. The Bertz CT molecular complexity index is 419. The van der Waals surface area contributed by atoms with Gasteiger partial charge in [-0.1, -0.05) is 0 Å². The van der Waals surface area contributed by atoms with Crippen LogP contribution in [0.25, 0.3) is 0 Å². The Morgan fingerprint density at radius 3 is 2.61 bits per heavy atom. The maximum Gasteiger partial charge on any atom is 0.224 e. The Morgan fingerprint density at radius 1 is 1.33 bits per heavy atom. The molecule has 3 N–H and O–H groups in total. The highest BCUT2D eigenvalue weighted by atomic mass is 16.5. The highest BCUT2D eigenvalue weighted by molar-refractivity contribution is 5.92. The van der Waals surface area contributed by atoms with Gasteiger partial charge in [-0.15, -0.1) is 0 Å². The fourth-order valence-electron chi connectivity index (χ4n) is 1.73. The number of carbonyl (C=O) groups excluding carboxylic acids is 1. The van der Waals surface area contributed by atoms with Crippen LogP contribution in [0.1, 0.15) is 18.4 Å².